The molecule has 2 aromatic rings. The van der Waals surface area contributed by atoms with Crippen LogP contribution in [0.25, 0.3) is 0 Å². The molecule has 0 unspecified atom stereocenters. The third-order valence-electron chi connectivity index (χ3n) is 7.50. The predicted octanol–water partition coefficient (Wildman–Crippen LogP) is 4.42. The van der Waals surface area contributed by atoms with Gasteiger partial charge in [0.2, 0.25) is 0 Å². The molecule has 2 heterocycles. The molecule has 3 rings (SSSR count). The van der Waals surface area contributed by atoms with Gasteiger partial charge in [-0.2, -0.15) is 0 Å². The summed E-state index contributed by atoms with van der Waals surface area (Å²) in [5.74, 6) is -1.12. The zero-order valence-corrected chi connectivity index (χ0v) is 29.1. The average molecular weight is 669 g/mol. The Labute approximate surface area is 270 Å². The van der Waals surface area contributed by atoms with Crippen molar-refractivity contribution in [3.05, 3.63) is 68.5 Å². The molecule has 6 atom stereocenters. The Morgan fingerprint density at radius 3 is 2.22 bits per heavy atom. The highest BCUT2D eigenvalue weighted by Crippen LogP contribution is 2.58. The van der Waals surface area contributed by atoms with Crippen molar-refractivity contribution in [2.24, 2.45) is 5.92 Å². The van der Waals surface area contributed by atoms with Gasteiger partial charge in [0, 0.05) is 31.7 Å². The van der Waals surface area contributed by atoms with Gasteiger partial charge in [0.25, 0.3) is 5.56 Å². The number of carbonyl (C=O) groups excluding carboxylic acids is 1. The van der Waals surface area contributed by atoms with E-state index >= 15 is 0 Å². The number of esters is 1. The van der Waals surface area contributed by atoms with Crippen LogP contribution >= 0.6 is 7.60 Å². The van der Waals surface area contributed by atoms with E-state index in [4.69, 9.17) is 32.7 Å². The van der Waals surface area contributed by atoms with Gasteiger partial charge in [-0.05, 0) is 47.1 Å². The molecule has 0 aliphatic carbocycles. The monoisotopic (exact) mass is 668 g/mol. The Kier molecular flexibility index (Phi) is 13.9. The number of hydrogen-bond donors (Lipinski definition) is 0. The fourth-order valence-corrected chi connectivity index (χ4v) is 7.61. The topological polar surface area (TPSA) is 143 Å². The lowest BCUT2D eigenvalue weighted by Gasteiger charge is -2.35. The summed E-state index contributed by atoms with van der Waals surface area (Å²) in [5, 5.41) is 0. The van der Waals surface area contributed by atoms with Crippen LogP contribution in [0.3, 0.4) is 0 Å². The Morgan fingerprint density at radius 2 is 1.65 bits per heavy atom. The Balaban J connectivity index is 2.04. The quantitative estimate of drug-likeness (QED) is 0.134. The highest BCUT2D eigenvalue weighted by molar-refractivity contribution is 7.54. The van der Waals surface area contributed by atoms with Gasteiger partial charge in [-0.15, -0.1) is 0 Å². The molecule has 0 bridgehead atoms. The second kappa shape index (κ2) is 17.0. The van der Waals surface area contributed by atoms with Crippen molar-refractivity contribution in [3.8, 4) is 0 Å². The normalized spacial score (nSPS) is 21.5. The molecule has 1 aromatic heterocycles. The van der Waals surface area contributed by atoms with Gasteiger partial charge < -0.3 is 32.7 Å². The largest absolute Gasteiger partial charge is 0.459 e. The first-order valence-corrected chi connectivity index (χ1v) is 17.1. The summed E-state index contributed by atoms with van der Waals surface area (Å²) in [6, 6.07) is 9.39. The van der Waals surface area contributed by atoms with Gasteiger partial charge in [0.15, 0.2) is 6.23 Å². The molecule has 258 valence electrons. The number of nitrogens with zero attached hydrogens (tertiary/aromatic N) is 2. The van der Waals surface area contributed by atoms with E-state index in [1.54, 1.807) is 41.5 Å². The summed E-state index contributed by atoms with van der Waals surface area (Å²) >= 11 is 0. The van der Waals surface area contributed by atoms with Crippen LogP contribution in [0.5, 0.6) is 0 Å². The predicted molar refractivity (Wildman–Crippen MR) is 171 cm³/mol. The van der Waals surface area contributed by atoms with Gasteiger partial charge in [-0.1, -0.05) is 37.3 Å². The summed E-state index contributed by atoms with van der Waals surface area (Å²) < 4.78 is 57.6. The number of aryl methyl sites for hydroxylation is 1. The van der Waals surface area contributed by atoms with Crippen molar-refractivity contribution in [3.63, 3.8) is 0 Å². The zero-order chi connectivity index (χ0) is 34.2. The minimum atomic E-state index is -3.87. The van der Waals surface area contributed by atoms with Crippen molar-refractivity contribution in [1.29, 1.82) is 0 Å². The number of methoxy groups -OCH3 is 1. The molecule has 0 spiro atoms. The summed E-state index contributed by atoms with van der Waals surface area (Å²) in [5.41, 5.74) is -0.959. The summed E-state index contributed by atoms with van der Waals surface area (Å²) in [4.78, 5) is 39.4. The molecular weight excluding hydrogens is 619 g/mol. The number of ether oxygens (including phenoxy) is 5. The van der Waals surface area contributed by atoms with E-state index < -0.39 is 73.1 Å². The number of benzene rings is 1. The van der Waals surface area contributed by atoms with Crippen molar-refractivity contribution in [1.82, 2.24) is 9.13 Å². The number of carbonyl (C=O) groups is 1. The van der Waals surface area contributed by atoms with Crippen LogP contribution in [0.4, 0.5) is 0 Å². The van der Waals surface area contributed by atoms with Crippen molar-refractivity contribution < 1.29 is 42.1 Å². The first-order valence-electron chi connectivity index (χ1n) is 15.5. The minimum Gasteiger partial charge on any atom is -0.459 e. The first-order chi connectivity index (χ1) is 21.7. The lowest BCUT2D eigenvalue weighted by molar-refractivity contribution is -0.158. The minimum absolute atomic E-state index is 0.171. The number of rotatable bonds is 17. The van der Waals surface area contributed by atoms with Crippen LogP contribution in [-0.2, 0) is 55.4 Å². The first kappa shape index (κ1) is 37.8. The van der Waals surface area contributed by atoms with Gasteiger partial charge >= 0.3 is 19.3 Å². The van der Waals surface area contributed by atoms with E-state index in [9.17, 15) is 18.9 Å². The third-order valence-corrected chi connectivity index (χ3v) is 10.2. The Morgan fingerprint density at radius 1 is 1.02 bits per heavy atom. The van der Waals surface area contributed by atoms with Crippen molar-refractivity contribution in [2.45, 2.75) is 111 Å². The summed E-state index contributed by atoms with van der Waals surface area (Å²) in [6.07, 6.45) is -3.29. The number of hydrogen-bond acceptors (Lipinski definition) is 11. The highest BCUT2D eigenvalue weighted by atomic mass is 31.2. The molecule has 13 nitrogen and oxygen atoms in total. The molecule has 46 heavy (non-hydrogen) atoms. The molecule has 1 aliphatic rings. The lowest BCUT2D eigenvalue weighted by Crippen LogP contribution is -2.44. The Bertz CT molecular complexity index is 1430. The molecule has 0 radical (unpaired) electrons. The maximum absolute atomic E-state index is 14.2. The molecule has 0 saturated carbocycles. The Hall–Kier alpha value is -2.64. The average Bonchev–Trinajstić information content (AvgIpc) is 3.30. The molecule has 1 aromatic carbocycles. The van der Waals surface area contributed by atoms with Crippen LogP contribution in [0.15, 0.2) is 46.1 Å². The maximum Gasteiger partial charge on any atom is 0.337 e. The van der Waals surface area contributed by atoms with Gasteiger partial charge in [-0.25, -0.2) is 9.36 Å². The smallest absolute Gasteiger partial charge is 0.337 e. The zero-order valence-electron chi connectivity index (χ0n) is 28.2. The fourth-order valence-electron chi connectivity index (χ4n) is 5.41. The van der Waals surface area contributed by atoms with Gasteiger partial charge in [0.05, 0.1) is 37.7 Å². The van der Waals surface area contributed by atoms with E-state index in [0.717, 1.165) is 10.1 Å². The van der Waals surface area contributed by atoms with Crippen LogP contribution in [0.1, 0.15) is 65.8 Å². The van der Waals surface area contributed by atoms with Crippen molar-refractivity contribution >= 4 is 13.6 Å². The number of aromatic nitrogens is 2. The van der Waals surface area contributed by atoms with E-state index in [0.29, 0.717) is 0 Å². The second-order valence-electron chi connectivity index (χ2n) is 12.0. The second-order valence-corrected chi connectivity index (χ2v) is 14.4. The van der Waals surface area contributed by atoms with Crippen LogP contribution in [0, 0.1) is 12.8 Å². The SMILES string of the molecule is COCCO[C@@H]1[C@H](C)[C@@H]([C@H](OC(C)=O)[C@@H](C)P(=O)(OC(C)C)OC(C)C)O[C@H]1n1cc(C)c(=O)n(COCc2ccccc2)c1=O. The van der Waals surface area contributed by atoms with E-state index in [-0.39, 0.29) is 32.1 Å². The molecule has 1 saturated heterocycles. The lowest BCUT2D eigenvalue weighted by atomic mass is 9.94. The standard InChI is InChI=1S/C32H49N2O11P/c1-20(2)44-46(38,45-21(3)4)24(7)29(42-25(8)35)27-23(6)28(41-16-15-39-9)31(43-27)33-17-22(5)30(36)34(32(33)37)19-40-18-26-13-11-10-12-14-26/h10-14,17,20-21,23-24,27-29,31H,15-16,18-19H2,1-9H3/t23-,24-,27+,28-,29-,31-/m1/s1. The summed E-state index contributed by atoms with van der Waals surface area (Å²) in [6.45, 7) is 13.6. The maximum atomic E-state index is 14.2. The van der Waals surface area contributed by atoms with E-state index in [1.807, 2.05) is 37.3 Å². The molecule has 14 heteroatoms. The third kappa shape index (κ3) is 9.47. The van der Waals surface area contributed by atoms with Crippen LogP contribution < -0.4 is 11.2 Å². The van der Waals surface area contributed by atoms with Crippen LogP contribution in [0.2, 0.25) is 0 Å². The molecule has 0 amide bonds. The fraction of sp³-hybridized carbons (Fsp3) is 0.656. The van der Waals surface area contributed by atoms with Gasteiger partial charge in [0.1, 0.15) is 25.0 Å². The molecule has 1 aliphatic heterocycles. The highest BCUT2D eigenvalue weighted by Gasteiger charge is 2.54. The van der Waals surface area contributed by atoms with Crippen molar-refractivity contribution in [2.75, 3.05) is 20.3 Å². The molecule has 0 N–H and O–H groups in total. The van der Waals surface area contributed by atoms with E-state index in [1.165, 1.54) is 24.8 Å². The summed E-state index contributed by atoms with van der Waals surface area (Å²) in [7, 11) is -2.33. The molecule has 1 fully saturated rings. The van der Waals surface area contributed by atoms with E-state index in [2.05, 4.69) is 0 Å². The van der Waals surface area contributed by atoms with Crippen LogP contribution in [-0.4, -0.2) is 71.6 Å². The molecular formula is C32H49N2O11P. The van der Waals surface area contributed by atoms with Gasteiger partial charge in [-0.3, -0.25) is 18.7 Å².